The summed E-state index contributed by atoms with van der Waals surface area (Å²) in [5, 5.41) is 42.4. The summed E-state index contributed by atoms with van der Waals surface area (Å²) in [6.07, 6.45) is 6.81. The Bertz CT molecular complexity index is 1020. The molecule has 4 saturated carbocycles. The van der Waals surface area contributed by atoms with Gasteiger partial charge in [0.2, 0.25) is 0 Å². The van der Waals surface area contributed by atoms with Gasteiger partial charge < -0.3 is 20.4 Å². The lowest BCUT2D eigenvalue weighted by atomic mass is 9.33. The summed E-state index contributed by atoms with van der Waals surface area (Å²) in [5.74, 6) is -1.24. The fourth-order valence-corrected chi connectivity index (χ4v) is 10.8. The summed E-state index contributed by atoms with van der Waals surface area (Å²) in [7, 11) is 0. The van der Waals surface area contributed by atoms with E-state index in [-0.39, 0.29) is 27.6 Å². The van der Waals surface area contributed by atoms with Gasteiger partial charge in [0.1, 0.15) is 0 Å². The first-order valence-electron chi connectivity index (χ1n) is 14.0. The Morgan fingerprint density at radius 2 is 1.47 bits per heavy atom. The third-order valence-electron chi connectivity index (χ3n) is 13.3. The highest BCUT2D eigenvalue weighted by Crippen LogP contribution is 2.75. The molecule has 0 heterocycles. The monoisotopic (exact) mass is 502 g/mol. The topological polar surface area (TPSA) is 115 Å². The SMILES string of the molecule is CC1(C(=O)O)CCC2(C(=O)O)CCC3(C)C(=CCC4C5(C)CC(O)C(O)C(C)(C)C5CCC43C)C2C1. The fraction of sp³-hybridized carbons (Fsp3) is 0.867. The van der Waals surface area contributed by atoms with E-state index in [4.69, 9.17) is 0 Å². The van der Waals surface area contributed by atoms with Gasteiger partial charge in [-0.2, -0.15) is 0 Å². The first kappa shape index (κ1) is 26.2. The molecule has 0 bridgehead atoms. The Morgan fingerprint density at radius 3 is 2.08 bits per heavy atom. The van der Waals surface area contributed by atoms with Crippen LogP contribution in [0.4, 0.5) is 0 Å². The fourth-order valence-electron chi connectivity index (χ4n) is 10.8. The van der Waals surface area contributed by atoms with E-state index in [1.165, 1.54) is 5.57 Å². The van der Waals surface area contributed by atoms with Crippen molar-refractivity contribution in [1.82, 2.24) is 0 Å². The molecule has 4 fully saturated rings. The average molecular weight is 503 g/mol. The molecular formula is C30H46O6. The van der Waals surface area contributed by atoms with Crippen molar-refractivity contribution in [2.75, 3.05) is 0 Å². The maximum absolute atomic E-state index is 12.8. The highest BCUT2D eigenvalue weighted by molar-refractivity contribution is 5.79. The first-order chi connectivity index (χ1) is 16.5. The molecule has 36 heavy (non-hydrogen) atoms. The predicted octanol–water partition coefficient (Wildman–Crippen LogP) is 5.27. The number of aliphatic carboxylic acids is 2. The number of aliphatic hydroxyl groups is 2. The first-order valence-corrected chi connectivity index (χ1v) is 14.0. The van der Waals surface area contributed by atoms with Gasteiger partial charge >= 0.3 is 11.9 Å². The molecule has 0 aromatic carbocycles. The van der Waals surface area contributed by atoms with Crippen molar-refractivity contribution in [3.05, 3.63) is 11.6 Å². The van der Waals surface area contributed by atoms with E-state index in [0.717, 1.165) is 25.7 Å². The lowest BCUT2D eigenvalue weighted by Gasteiger charge is -2.71. The van der Waals surface area contributed by atoms with E-state index in [0.29, 0.717) is 43.9 Å². The van der Waals surface area contributed by atoms with Crippen LogP contribution in [-0.4, -0.2) is 44.6 Å². The van der Waals surface area contributed by atoms with E-state index < -0.39 is 35.0 Å². The molecule has 0 saturated heterocycles. The number of rotatable bonds is 2. The Balaban J connectivity index is 1.61. The van der Waals surface area contributed by atoms with E-state index in [1.54, 1.807) is 6.92 Å². The molecule has 0 amide bonds. The van der Waals surface area contributed by atoms with Crippen molar-refractivity contribution in [3.63, 3.8) is 0 Å². The number of fused-ring (bicyclic) bond motifs is 7. The molecule has 6 nitrogen and oxygen atoms in total. The molecule has 10 atom stereocenters. The molecule has 10 unspecified atom stereocenters. The number of carbonyl (C=O) groups is 2. The zero-order valence-electron chi connectivity index (χ0n) is 22.9. The minimum Gasteiger partial charge on any atom is -0.481 e. The number of carboxylic acid groups (broad SMARTS) is 2. The quantitative estimate of drug-likeness (QED) is 0.383. The zero-order chi connectivity index (χ0) is 26.7. The van der Waals surface area contributed by atoms with Gasteiger partial charge in [0.05, 0.1) is 23.0 Å². The second-order valence-corrected chi connectivity index (χ2v) is 14.9. The van der Waals surface area contributed by atoms with Gasteiger partial charge in [-0.1, -0.05) is 46.3 Å². The maximum atomic E-state index is 12.8. The highest BCUT2D eigenvalue weighted by atomic mass is 16.4. The van der Waals surface area contributed by atoms with E-state index >= 15 is 0 Å². The smallest absolute Gasteiger partial charge is 0.310 e. The van der Waals surface area contributed by atoms with Crippen molar-refractivity contribution in [2.24, 2.45) is 50.2 Å². The third kappa shape index (κ3) is 2.98. The van der Waals surface area contributed by atoms with E-state index in [2.05, 4.69) is 40.7 Å². The Morgan fingerprint density at radius 1 is 0.833 bits per heavy atom. The van der Waals surface area contributed by atoms with Crippen molar-refractivity contribution in [1.29, 1.82) is 0 Å². The van der Waals surface area contributed by atoms with Crippen LogP contribution < -0.4 is 0 Å². The second kappa shape index (κ2) is 7.59. The number of aliphatic hydroxyl groups excluding tert-OH is 2. The van der Waals surface area contributed by atoms with Crippen LogP contribution in [0.2, 0.25) is 0 Å². The second-order valence-electron chi connectivity index (χ2n) is 14.9. The minimum absolute atomic E-state index is 0.0812. The lowest BCUT2D eigenvalue weighted by molar-refractivity contribution is -0.232. The molecule has 0 aromatic rings. The van der Waals surface area contributed by atoms with Crippen molar-refractivity contribution < 1.29 is 30.0 Å². The molecule has 5 rings (SSSR count). The normalized spacial score (nSPS) is 53.7. The Hall–Kier alpha value is -1.40. The van der Waals surface area contributed by atoms with Gasteiger partial charge in [0.25, 0.3) is 0 Å². The summed E-state index contributed by atoms with van der Waals surface area (Å²) in [4.78, 5) is 25.0. The average Bonchev–Trinajstić information content (AvgIpc) is 2.77. The predicted molar refractivity (Wildman–Crippen MR) is 136 cm³/mol. The van der Waals surface area contributed by atoms with Crippen molar-refractivity contribution >= 4 is 11.9 Å². The van der Waals surface area contributed by atoms with Crippen LogP contribution in [-0.2, 0) is 9.59 Å². The van der Waals surface area contributed by atoms with E-state index in [9.17, 15) is 30.0 Å². The number of carboxylic acids is 2. The molecule has 0 aliphatic heterocycles. The summed E-state index contributed by atoms with van der Waals surface area (Å²) in [5.41, 5.74) is -1.40. The van der Waals surface area contributed by atoms with Gasteiger partial charge in [0, 0.05) is 0 Å². The molecule has 0 spiro atoms. The summed E-state index contributed by atoms with van der Waals surface area (Å²) < 4.78 is 0. The zero-order valence-corrected chi connectivity index (χ0v) is 22.9. The van der Waals surface area contributed by atoms with Crippen LogP contribution in [0, 0.1) is 50.2 Å². The molecule has 0 aromatic heterocycles. The van der Waals surface area contributed by atoms with Gasteiger partial charge in [-0.3, -0.25) is 9.59 Å². The summed E-state index contributed by atoms with van der Waals surface area (Å²) in [6.45, 7) is 13.0. The number of hydrogen-bond acceptors (Lipinski definition) is 4. The van der Waals surface area contributed by atoms with Crippen LogP contribution >= 0.6 is 0 Å². The van der Waals surface area contributed by atoms with Gasteiger partial charge in [-0.05, 0) is 104 Å². The van der Waals surface area contributed by atoms with Crippen LogP contribution in [0.5, 0.6) is 0 Å². The van der Waals surface area contributed by atoms with E-state index in [1.807, 2.05) is 0 Å². The van der Waals surface area contributed by atoms with Crippen LogP contribution in [0.15, 0.2) is 11.6 Å². The molecule has 6 heteroatoms. The van der Waals surface area contributed by atoms with Crippen molar-refractivity contribution in [3.8, 4) is 0 Å². The van der Waals surface area contributed by atoms with Crippen LogP contribution in [0.3, 0.4) is 0 Å². The molecular weight excluding hydrogens is 456 g/mol. The third-order valence-corrected chi connectivity index (χ3v) is 13.3. The largest absolute Gasteiger partial charge is 0.481 e. The van der Waals surface area contributed by atoms with Crippen molar-refractivity contribution in [2.45, 2.75) is 112 Å². The highest BCUT2D eigenvalue weighted by Gasteiger charge is 2.70. The molecule has 5 aliphatic rings. The number of allylic oxidation sites excluding steroid dienone is 2. The Kier molecular flexibility index (Phi) is 5.53. The Labute approximate surface area is 215 Å². The minimum atomic E-state index is -0.905. The summed E-state index contributed by atoms with van der Waals surface area (Å²) in [6, 6.07) is 0. The van der Waals surface area contributed by atoms with Gasteiger partial charge in [-0.15, -0.1) is 0 Å². The molecule has 202 valence electrons. The lowest BCUT2D eigenvalue weighted by Crippen LogP contribution is -2.67. The molecule has 4 N–H and O–H groups in total. The van der Waals surface area contributed by atoms with Crippen LogP contribution in [0.25, 0.3) is 0 Å². The van der Waals surface area contributed by atoms with Gasteiger partial charge in [-0.25, -0.2) is 0 Å². The molecule has 0 radical (unpaired) electrons. The molecule has 5 aliphatic carbocycles. The number of hydrogen-bond donors (Lipinski definition) is 4. The van der Waals surface area contributed by atoms with Crippen LogP contribution in [0.1, 0.15) is 99.3 Å². The summed E-state index contributed by atoms with van der Waals surface area (Å²) >= 11 is 0. The standard InChI is InChI=1S/C30H46O6/c1-25(2)20-9-10-29(6)21(27(20,4)16-19(31)22(25)32)8-7-17-18-15-26(3,23(33)34)11-13-30(18,24(35)36)14-12-28(17,29)5/h7,18-22,31-32H,8-16H2,1-6H3,(H,33,34)(H,35,36). The maximum Gasteiger partial charge on any atom is 0.310 e. The van der Waals surface area contributed by atoms with Gasteiger partial charge in [0.15, 0.2) is 0 Å².